The highest BCUT2D eigenvalue weighted by atomic mass is 35.5. The molecule has 0 spiro atoms. The van der Waals surface area contributed by atoms with Gasteiger partial charge in [-0.25, -0.2) is 9.59 Å². The molecule has 2 aromatic carbocycles. The van der Waals surface area contributed by atoms with Crippen molar-refractivity contribution in [2.24, 2.45) is 0 Å². The third-order valence-electron chi connectivity index (χ3n) is 4.22. The van der Waals surface area contributed by atoms with Gasteiger partial charge in [-0.15, -0.1) is 0 Å². The summed E-state index contributed by atoms with van der Waals surface area (Å²) >= 11 is 6.03. The highest BCUT2D eigenvalue weighted by Crippen LogP contribution is 2.24. The van der Waals surface area contributed by atoms with Gasteiger partial charge >= 0.3 is 12.0 Å². The Bertz CT molecular complexity index is 794. The lowest BCUT2D eigenvalue weighted by molar-refractivity contribution is -0.0154. The number of rotatable bonds is 4. The third kappa shape index (κ3) is 4.53. The predicted octanol–water partition coefficient (Wildman–Crippen LogP) is 3.32. The molecule has 1 saturated heterocycles. The SMILES string of the molecule is O=C(O)c1ccc(CNC(=O)N2CCOC(c3cccc(Cl)c3)C2)cc1. The predicted molar refractivity (Wildman–Crippen MR) is 97.4 cm³/mol. The molecule has 26 heavy (non-hydrogen) atoms. The molecule has 1 fully saturated rings. The van der Waals surface area contributed by atoms with Gasteiger partial charge in [0.15, 0.2) is 0 Å². The van der Waals surface area contributed by atoms with E-state index in [-0.39, 0.29) is 17.7 Å². The fourth-order valence-corrected chi connectivity index (χ4v) is 3.00. The first-order valence-electron chi connectivity index (χ1n) is 8.25. The second-order valence-corrected chi connectivity index (χ2v) is 6.46. The Morgan fingerprint density at radius 2 is 2.00 bits per heavy atom. The van der Waals surface area contributed by atoms with Crippen molar-refractivity contribution in [2.75, 3.05) is 19.7 Å². The highest BCUT2D eigenvalue weighted by molar-refractivity contribution is 6.30. The molecule has 2 amide bonds. The van der Waals surface area contributed by atoms with Crippen LogP contribution in [0, 0.1) is 0 Å². The average Bonchev–Trinajstić information content (AvgIpc) is 2.66. The Hall–Kier alpha value is -2.57. The van der Waals surface area contributed by atoms with Crippen molar-refractivity contribution in [3.8, 4) is 0 Å². The molecular formula is C19H19ClN2O4. The van der Waals surface area contributed by atoms with E-state index in [4.69, 9.17) is 21.4 Å². The molecule has 1 aliphatic rings. The molecule has 0 aromatic heterocycles. The van der Waals surface area contributed by atoms with Crippen LogP contribution in [0.5, 0.6) is 0 Å². The number of amides is 2. The lowest BCUT2D eigenvalue weighted by Crippen LogP contribution is -2.46. The maximum absolute atomic E-state index is 12.4. The van der Waals surface area contributed by atoms with E-state index in [1.807, 2.05) is 18.2 Å². The Labute approximate surface area is 156 Å². The molecule has 0 saturated carbocycles. The zero-order valence-corrected chi connectivity index (χ0v) is 14.8. The normalized spacial score (nSPS) is 17.0. The molecule has 0 bridgehead atoms. The number of hydrogen-bond donors (Lipinski definition) is 2. The van der Waals surface area contributed by atoms with Crippen LogP contribution in [0.25, 0.3) is 0 Å². The van der Waals surface area contributed by atoms with Crippen molar-refractivity contribution < 1.29 is 19.4 Å². The van der Waals surface area contributed by atoms with E-state index in [9.17, 15) is 9.59 Å². The molecule has 2 aromatic rings. The Balaban J connectivity index is 1.56. The number of carbonyl (C=O) groups is 2. The quantitative estimate of drug-likeness (QED) is 0.860. The molecule has 1 aliphatic heterocycles. The van der Waals surface area contributed by atoms with Gasteiger partial charge in [-0.1, -0.05) is 35.9 Å². The molecule has 0 radical (unpaired) electrons. The molecule has 136 valence electrons. The number of halogens is 1. The zero-order chi connectivity index (χ0) is 18.5. The number of urea groups is 1. The molecule has 0 aliphatic carbocycles. The minimum absolute atomic E-state index is 0.178. The summed E-state index contributed by atoms with van der Waals surface area (Å²) < 4.78 is 5.76. The van der Waals surface area contributed by atoms with Crippen LogP contribution < -0.4 is 5.32 Å². The van der Waals surface area contributed by atoms with Gasteiger partial charge in [0, 0.05) is 18.1 Å². The fourth-order valence-electron chi connectivity index (χ4n) is 2.80. The standard InChI is InChI=1S/C19H19ClN2O4/c20-16-3-1-2-15(10-16)17-12-22(8-9-26-17)19(25)21-11-13-4-6-14(7-5-13)18(23)24/h1-7,10,17H,8-9,11-12H2,(H,21,25)(H,23,24). The van der Waals surface area contributed by atoms with Gasteiger partial charge in [-0.2, -0.15) is 0 Å². The van der Waals surface area contributed by atoms with Gasteiger partial charge < -0.3 is 20.1 Å². The first kappa shape index (κ1) is 18.2. The average molecular weight is 375 g/mol. The maximum Gasteiger partial charge on any atom is 0.335 e. The van der Waals surface area contributed by atoms with Gasteiger partial charge in [-0.05, 0) is 35.4 Å². The van der Waals surface area contributed by atoms with Gasteiger partial charge in [-0.3, -0.25) is 0 Å². The Kier molecular flexibility index (Phi) is 5.75. The van der Waals surface area contributed by atoms with Crippen molar-refractivity contribution in [3.05, 3.63) is 70.2 Å². The molecule has 1 atom stereocenters. The van der Waals surface area contributed by atoms with Crippen LogP contribution in [0.3, 0.4) is 0 Å². The lowest BCUT2D eigenvalue weighted by Gasteiger charge is -2.33. The maximum atomic E-state index is 12.4. The van der Waals surface area contributed by atoms with E-state index in [0.29, 0.717) is 31.3 Å². The van der Waals surface area contributed by atoms with Gasteiger partial charge in [0.1, 0.15) is 6.10 Å². The third-order valence-corrected chi connectivity index (χ3v) is 4.45. The summed E-state index contributed by atoms with van der Waals surface area (Å²) in [4.78, 5) is 25.0. The minimum Gasteiger partial charge on any atom is -0.478 e. The molecular weight excluding hydrogens is 356 g/mol. The van der Waals surface area contributed by atoms with Crippen molar-refractivity contribution >= 4 is 23.6 Å². The summed E-state index contributed by atoms with van der Waals surface area (Å²) in [6, 6.07) is 13.7. The van der Waals surface area contributed by atoms with Crippen LogP contribution >= 0.6 is 11.6 Å². The van der Waals surface area contributed by atoms with E-state index in [1.54, 1.807) is 23.1 Å². The van der Waals surface area contributed by atoms with E-state index in [1.165, 1.54) is 12.1 Å². The van der Waals surface area contributed by atoms with Crippen LogP contribution in [-0.4, -0.2) is 41.7 Å². The van der Waals surface area contributed by atoms with Crippen molar-refractivity contribution in [1.82, 2.24) is 10.2 Å². The van der Waals surface area contributed by atoms with Crippen LogP contribution in [0.15, 0.2) is 48.5 Å². The fraction of sp³-hybridized carbons (Fsp3) is 0.263. The lowest BCUT2D eigenvalue weighted by atomic mass is 10.1. The number of hydrogen-bond acceptors (Lipinski definition) is 3. The number of carboxylic acids is 1. The summed E-state index contributed by atoms with van der Waals surface area (Å²) in [5.41, 5.74) is 2.00. The molecule has 2 N–H and O–H groups in total. The van der Waals surface area contributed by atoms with Crippen LogP contribution in [0.1, 0.15) is 27.6 Å². The molecule has 1 heterocycles. The summed E-state index contributed by atoms with van der Waals surface area (Å²) in [6.07, 6.45) is -0.206. The topological polar surface area (TPSA) is 78.9 Å². The summed E-state index contributed by atoms with van der Waals surface area (Å²) in [6.45, 7) is 1.75. The van der Waals surface area contributed by atoms with Crippen LogP contribution in [0.4, 0.5) is 4.79 Å². The summed E-state index contributed by atoms with van der Waals surface area (Å²) in [5, 5.41) is 12.4. The smallest absolute Gasteiger partial charge is 0.335 e. The number of carboxylic acid groups (broad SMARTS) is 1. The van der Waals surface area contributed by atoms with E-state index >= 15 is 0 Å². The van der Waals surface area contributed by atoms with Crippen LogP contribution in [0.2, 0.25) is 5.02 Å². The molecule has 3 rings (SSSR count). The van der Waals surface area contributed by atoms with Crippen LogP contribution in [-0.2, 0) is 11.3 Å². The first-order chi connectivity index (χ1) is 12.5. The van der Waals surface area contributed by atoms with E-state index < -0.39 is 5.97 Å². The number of nitrogens with one attached hydrogen (secondary N) is 1. The monoisotopic (exact) mass is 374 g/mol. The van der Waals surface area contributed by atoms with Crippen molar-refractivity contribution in [1.29, 1.82) is 0 Å². The highest BCUT2D eigenvalue weighted by Gasteiger charge is 2.25. The number of morpholine rings is 1. The zero-order valence-electron chi connectivity index (χ0n) is 14.0. The summed E-state index contributed by atoms with van der Waals surface area (Å²) in [5.74, 6) is -0.971. The Morgan fingerprint density at radius 3 is 2.69 bits per heavy atom. The Morgan fingerprint density at radius 1 is 1.23 bits per heavy atom. The van der Waals surface area contributed by atoms with Crippen molar-refractivity contribution in [2.45, 2.75) is 12.6 Å². The number of carbonyl (C=O) groups excluding carboxylic acids is 1. The second-order valence-electron chi connectivity index (χ2n) is 6.02. The van der Waals surface area contributed by atoms with Gasteiger partial charge in [0.05, 0.1) is 18.7 Å². The van der Waals surface area contributed by atoms with Gasteiger partial charge in [0.25, 0.3) is 0 Å². The minimum atomic E-state index is -0.971. The number of benzene rings is 2. The molecule has 1 unspecified atom stereocenters. The molecule has 6 nitrogen and oxygen atoms in total. The number of ether oxygens (including phenoxy) is 1. The summed E-state index contributed by atoms with van der Waals surface area (Å²) in [7, 11) is 0. The number of aromatic carboxylic acids is 1. The second kappa shape index (κ2) is 8.21. The first-order valence-corrected chi connectivity index (χ1v) is 8.63. The molecule has 7 heteroatoms. The van der Waals surface area contributed by atoms with E-state index in [2.05, 4.69) is 5.32 Å². The number of nitrogens with zero attached hydrogens (tertiary/aromatic N) is 1. The largest absolute Gasteiger partial charge is 0.478 e. The van der Waals surface area contributed by atoms with E-state index in [0.717, 1.165) is 11.1 Å². The van der Waals surface area contributed by atoms with Crippen molar-refractivity contribution in [3.63, 3.8) is 0 Å². The van der Waals surface area contributed by atoms with Gasteiger partial charge in [0.2, 0.25) is 0 Å².